The molecule has 0 aromatic heterocycles. The number of carbonyl (C=O) groups excluding carboxylic acids is 1. The molecule has 72 valence electrons. The van der Waals surface area contributed by atoms with Crippen molar-refractivity contribution in [3.05, 3.63) is 41.7 Å². The molecule has 0 aliphatic rings. The molecule has 0 saturated heterocycles. The fraction of sp³-hybridized carbons (Fsp3) is 0.200. The van der Waals surface area contributed by atoms with Crippen LogP contribution in [0.25, 0.3) is 0 Å². The van der Waals surface area contributed by atoms with Crippen molar-refractivity contribution in [1.29, 1.82) is 0 Å². The van der Waals surface area contributed by atoms with Gasteiger partial charge >= 0.3 is 31.1 Å². The van der Waals surface area contributed by atoms with E-state index in [2.05, 4.69) is 18.2 Å². The van der Waals surface area contributed by atoms with Crippen molar-refractivity contribution in [3.63, 3.8) is 0 Å². The van der Waals surface area contributed by atoms with Crippen LogP contribution in [0.5, 0.6) is 0 Å². The van der Waals surface area contributed by atoms with E-state index >= 15 is 0 Å². The van der Waals surface area contributed by atoms with Crippen molar-refractivity contribution >= 4 is 12.0 Å². The van der Waals surface area contributed by atoms with Crippen LogP contribution >= 0.6 is 0 Å². The van der Waals surface area contributed by atoms with Crippen molar-refractivity contribution in [2.75, 3.05) is 0 Å². The predicted octanol–water partition coefficient (Wildman–Crippen LogP) is 2.47. The molecule has 0 aliphatic carbocycles. The van der Waals surface area contributed by atoms with Crippen LogP contribution < -0.4 is 0 Å². The van der Waals surface area contributed by atoms with Gasteiger partial charge in [-0.2, -0.15) is 25.1 Å². The van der Waals surface area contributed by atoms with Crippen molar-refractivity contribution in [2.24, 2.45) is 5.18 Å². The van der Waals surface area contributed by atoms with Crippen LogP contribution in [0.4, 0.5) is 5.69 Å². The molecule has 0 saturated carbocycles. The molecular formula is C10H11NO2U. The third kappa shape index (κ3) is 6.07. The van der Waals surface area contributed by atoms with E-state index in [1.54, 1.807) is 25.1 Å². The number of rotatable bonds is 3. The quantitative estimate of drug-likeness (QED) is 0.433. The Kier molecular flexibility index (Phi) is 12.1. The second-order valence-electron chi connectivity index (χ2n) is 2.04. The number of carbonyl (C=O) groups is 1. The largest absolute Gasteiger partial charge is 2.00 e. The third-order valence-corrected chi connectivity index (χ3v) is 1.27. The van der Waals surface area contributed by atoms with Gasteiger partial charge in [0, 0.05) is 6.42 Å². The van der Waals surface area contributed by atoms with Gasteiger partial charge in [0.2, 0.25) is 0 Å². The Bertz CT molecular complexity index is 277. The molecule has 0 fully saturated rings. The van der Waals surface area contributed by atoms with E-state index in [9.17, 15) is 9.70 Å². The van der Waals surface area contributed by atoms with Crippen LogP contribution in [0, 0.1) is 49.0 Å². The molecule has 0 spiro atoms. The maximum atomic E-state index is 10.1. The zero-order valence-electron chi connectivity index (χ0n) is 7.99. The summed E-state index contributed by atoms with van der Waals surface area (Å²) >= 11 is 0. The average molecular weight is 415 g/mol. The SMILES string of the molecule is O=CCc1cc[c-]c(N=O)c1.[CH2-]C.[U+2]. The summed E-state index contributed by atoms with van der Waals surface area (Å²) in [6.45, 7) is 5.00. The second-order valence-corrected chi connectivity index (χ2v) is 2.04. The number of hydrogen-bond donors (Lipinski definition) is 0. The molecule has 3 nitrogen and oxygen atoms in total. The van der Waals surface area contributed by atoms with Gasteiger partial charge in [0.1, 0.15) is 6.29 Å². The van der Waals surface area contributed by atoms with E-state index in [-0.39, 0.29) is 36.8 Å². The Morgan fingerprint density at radius 2 is 2.21 bits per heavy atom. The number of aldehydes is 1. The Labute approximate surface area is 108 Å². The van der Waals surface area contributed by atoms with E-state index in [4.69, 9.17) is 0 Å². The molecule has 0 radical (unpaired) electrons. The van der Waals surface area contributed by atoms with Gasteiger partial charge in [-0.15, -0.1) is 16.5 Å². The zero-order valence-corrected chi connectivity index (χ0v) is 12.2. The van der Waals surface area contributed by atoms with Gasteiger partial charge < -0.3 is 11.7 Å². The molecule has 4 heteroatoms. The molecule has 1 aromatic rings. The number of nitroso groups, excluding NO2 is 1. The van der Waals surface area contributed by atoms with E-state index in [1.807, 2.05) is 0 Å². The van der Waals surface area contributed by atoms with Crippen molar-refractivity contribution in [2.45, 2.75) is 13.3 Å². The van der Waals surface area contributed by atoms with Gasteiger partial charge in [-0.25, -0.2) is 0 Å². The zero-order chi connectivity index (χ0) is 10.1. The van der Waals surface area contributed by atoms with Gasteiger partial charge in [0.25, 0.3) is 0 Å². The summed E-state index contributed by atoms with van der Waals surface area (Å²) in [5, 5.41) is 2.69. The summed E-state index contributed by atoms with van der Waals surface area (Å²) in [5.41, 5.74) is 1.03. The molecular weight excluding hydrogens is 404 g/mol. The van der Waals surface area contributed by atoms with Crippen LogP contribution in [0.1, 0.15) is 12.5 Å². The third-order valence-electron chi connectivity index (χ3n) is 1.27. The van der Waals surface area contributed by atoms with Crippen LogP contribution in [-0.4, -0.2) is 6.29 Å². The molecule has 0 unspecified atom stereocenters. The molecule has 1 aromatic carbocycles. The van der Waals surface area contributed by atoms with Crippen molar-refractivity contribution in [1.82, 2.24) is 0 Å². The standard InChI is InChI=1S/C8H6NO2.C2H5.U/c10-5-4-7-2-1-3-8(6-7)9-11;1-2;/h1-2,5-6H,4H2;1H2,2H3;/q2*-1;+2. The molecule has 0 heterocycles. The van der Waals surface area contributed by atoms with Gasteiger partial charge in [0.05, 0.1) is 0 Å². The monoisotopic (exact) mass is 415 g/mol. The topological polar surface area (TPSA) is 46.5 Å². The number of hydrogen-bond acceptors (Lipinski definition) is 3. The van der Waals surface area contributed by atoms with Crippen molar-refractivity contribution in [3.8, 4) is 0 Å². The minimum absolute atomic E-state index is 0. The minimum Gasteiger partial charge on any atom is -0.346 e. The summed E-state index contributed by atoms with van der Waals surface area (Å²) in [6.07, 6.45) is 1.10. The van der Waals surface area contributed by atoms with E-state index < -0.39 is 0 Å². The Morgan fingerprint density at radius 3 is 2.71 bits per heavy atom. The normalized spacial score (nSPS) is 7.57. The molecule has 0 bridgehead atoms. The van der Waals surface area contributed by atoms with E-state index in [1.165, 1.54) is 0 Å². The van der Waals surface area contributed by atoms with E-state index in [0.29, 0.717) is 6.42 Å². The Hall–Kier alpha value is -0.458. The fourth-order valence-electron chi connectivity index (χ4n) is 0.775. The summed E-state index contributed by atoms with van der Waals surface area (Å²) < 4.78 is 0. The minimum atomic E-state index is 0. The molecule has 0 amide bonds. The fourth-order valence-corrected chi connectivity index (χ4v) is 0.775. The first-order chi connectivity index (χ1) is 6.36. The Balaban J connectivity index is 0. The molecule has 0 atom stereocenters. The van der Waals surface area contributed by atoms with E-state index in [0.717, 1.165) is 11.8 Å². The maximum Gasteiger partial charge on any atom is 2.00 e. The molecule has 0 N–H and O–H groups in total. The average Bonchev–Trinajstić information content (AvgIpc) is 2.22. The smallest absolute Gasteiger partial charge is 0.346 e. The first-order valence-electron chi connectivity index (χ1n) is 3.85. The molecule has 0 aliphatic heterocycles. The predicted molar refractivity (Wildman–Crippen MR) is 51.5 cm³/mol. The number of benzene rings is 1. The maximum absolute atomic E-state index is 10.1. The van der Waals surface area contributed by atoms with Gasteiger partial charge in [-0.3, -0.25) is 0 Å². The van der Waals surface area contributed by atoms with Gasteiger partial charge in [0.15, 0.2) is 0 Å². The summed E-state index contributed by atoms with van der Waals surface area (Å²) in [5.74, 6) is 0. The first-order valence-corrected chi connectivity index (χ1v) is 3.85. The van der Waals surface area contributed by atoms with Crippen molar-refractivity contribution < 1.29 is 35.9 Å². The first kappa shape index (κ1) is 16.0. The number of nitrogens with zero attached hydrogens (tertiary/aromatic N) is 1. The van der Waals surface area contributed by atoms with Gasteiger partial charge in [-0.1, -0.05) is 5.18 Å². The second kappa shape index (κ2) is 10.6. The van der Waals surface area contributed by atoms with Crippen LogP contribution in [0.3, 0.4) is 0 Å². The van der Waals surface area contributed by atoms with Gasteiger partial charge in [-0.05, 0) is 5.69 Å². The van der Waals surface area contributed by atoms with Crippen LogP contribution in [0.15, 0.2) is 23.4 Å². The molecule has 14 heavy (non-hydrogen) atoms. The Morgan fingerprint density at radius 1 is 1.57 bits per heavy atom. The summed E-state index contributed by atoms with van der Waals surface area (Å²) in [7, 11) is 0. The summed E-state index contributed by atoms with van der Waals surface area (Å²) in [6, 6.07) is 7.47. The van der Waals surface area contributed by atoms with Crippen LogP contribution in [-0.2, 0) is 11.2 Å². The summed E-state index contributed by atoms with van der Waals surface area (Å²) in [4.78, 5) is 20.0. The molecule has 1 rings (SSSR count). The van der Waals surface area contributed by atoms with Crippen LogP contribution in [0.2, 0.25) is 0 Å².